The average molecular weight is 856 g/mol. The monoisotopic (exact) mass is 855 g/mol. The molecule has 2 N–H and O–H groups in total. The normalized spacial score (nSPS) is 10.6. The molecule has 4 aromatic carbocycles. The Morgan fingerprint density at radius 1 is 0.607 bits per heavy atom. The molecule has 288 valence electrons. The van der Waals surface area contributed by atoms with E-state index >= 15 is 0 Å². The lowest BCUT2D eigenvalue weighted by atomic mass is 9.96. The molecule has 0 aliphatic heterocycles. The molecule has 56 heavy (non-hydrogen) atoms. The second-order valence-electron chi connectivity index (χ2n) is 14.1. The van der Waals surface area contributed by atoms with Gasteiger partial charge in [0.1, 0.15) is 11.6 Å². The molecule has 0 bridgehead atoms. The number of nitriles is 2. The number of aromatic nitrogens is 4. The summed E-state index contributed by atoms with van der Waals surface area (Å²) in [6.45, 7) is 19.0. The summed E-state index contributed by atoms with van der Waals surface area (Å²) < 4.78 is 0.854. The summed E-state index contributed by atoms with van der Waals surface area (Å²) in [6, 6.07) is 31.8. The van der Waals surface area contributed by atoms with Gasteiger partial charge in [-0.05, 0) is 130 Å². The van der Waals surface area contributed by atoms with Crippen molar-refractivity contribution in [3.8, 4) is 12.1 Å². The van der Waals surface area contributed by atoms with Gasteiger partial charge in [0.05, 0.1) is 23.3 Å². The molecule has 7 nitrogen and oxygen atoms in total. The summed E-state index contributed by atoms with van der Waals surface area (Å²) in [5, 5.41) is 17.6. The van der Waals surface area contributed by atoms with Crippen molar-refractivity contribution in [3.05, 3.63) is 182 Å². The maximum atomic E-state index is 8.88. The van der Waals surface area contributed by atoms with Crippen molar-refractivity contribution in [2.24, 2.45) is 0 Å². The Labute approximate surface area is 348 Å². The third-order valence-corrected chi connectivity index (χ3v) is 9.88. The molecule has 6 rings (SSSR count). The van der Waals surface area contributed by atoms with E-state index in [0.29, 0.717) is 24.0 Å². The fourth-order valence-electron chi connectivity index (χ4n) is 5.83. The van der Waals surface area contributed by atoms with Gasteiger partial charge in [-0.15, -0.1) is 0 Å². The number of benzene rings is 4. The van der Waals surface area contributed by atoms with Gasteiger partial charge in [0.25, 0.3) is 0 Å². The lowest BCUT2D eigenvalue weighted by Gasteiger charge is -2.11. The van der Waals surface area contributed by atoms with Crippen LogP contribution in [0.25, 0.3) is 0 Å². The molecule has 0 radical (unpaired) electrons. The van der Waals surface area contributed by atoms with Crippen molar-refractivity contribution in [1.82, 2.24) is 19.9 Å². The smallest absolute Gasteiger partial charge is 0.132 e. The summed E-state index contributed by atoms with van der Waals surface area (Å²) in [5.74, 6) is 1.62. The average Bonchev–Trinajstić information content (AvgIpc) is 3.17. The molecule has 0 saturated carbocycles. The lowest BCUT2D eigenvalue weighted by molar-refractivity contribution is 0.911. The number of halogens is 1. The van der Waals surface area contributed by atoms with Crippen molar-refractivity contribution >= 4 is 28.3 Å². The molecule has 2 aromatic heterocycles. The third kappa shape index (κ3) is 15.4. The topological polar surface area (TPSA) is 125 Å². The summed E-state index contributed by atoms with van der Waals surface area (Å²) in [5.41, 5.74) is 21.1. The van der Waals surface area contributed by atoms with Crippen molar-refractivity contribution in [3.63, 3.8) is 0 Å². The number of rotatable bonds is 7. The highest BCUT2D eigenvalue weighted by molar-refractivity contribution is 14.1. The first-order valence-corrected chi connectivity index (χ1v) is 20.1. The molecule has 1 unspecified atom stereocenters. The second kappa shape index (κ2) is 22.8. The zero-order chi connectivity index (χ0) is 41.2. The second-order valence-corrected chi connectivity index (χ2v) is 16.2. The van der Waals surface area contributed by atoms with Crippen LogP contribution in [-0.4, -0.2) is 23.9 Å². The zero-order valence-corrected chi connectivity index (χ0v) is 36.4. The predicted molar refractivity (Wildman–Crippen MR) is 239 cm³/mol. The summed E-state index contributed by atoms with van der Waals surface area (Å²) in [4.78, 5) is 17.7. The molecule has 1 atom stereocenters. The first-order valence-electron chi connectivity index (χ1n) is 18.8. The van der Waals surface area contributed by atoms with Crippen molar-refractivity contribution in [2.75, 3.05) is 5.73 Å². The summed E-state index contributed by atoms with van der Waals surface area (Å²) in [6.07, 6.45) is 7.09. The first kappa shape index (κ1) is 44.9. The van der Waals surface area contributed by atoms with Crippen LogP contribution in [0.3, 0.4) is 0 Å². The van der Waals surface area contributed by atoms with E-state index in [2.05, 4.69) is 115 Å². The first-order chi connectivity index (χ1) is 26.7. The largest absolute Gasteiger partial charge is 0.398 e. The minimum atomic E-state index is 0.670. The van der Waals surface area contributed by atoms with Crippen molar-refractivity contribution in [2.45, 2.75) is 91.9 Å². The highest BCUT2D eigenvalue weighted by atomic mass is 127. The molecule has 8 heteroatoms. The van der Waals surface area contributed by atoms with E-state index in [4.69, 9.17) is 21.2 Å². The van der Waals surface area contributed by atoms with Crippen LogP contribution in [0.15, 0.2) is 97.3 Å². The van der Waals surface area contributed by atoms with Crippen molar-refractivity contribution in [1.29, 1.82) is 10.5 Å². The van der Waals surface area contributed by atoms with E-state index in [-0.39, 0.29) is 0 Å². The molecular formula is C48H54IN7. The van der Waals surface area contributed by atoms with Crippen LogP contribution in [0.4, 0.5) is 5.69 Å². The Hall–Kier alpha value is -5.45. The van der Waals surface area contributed by atoms with Gasteiger partial charge in [0.15, 0.2) is 0 Å². The Kier molecular flexibility index (Phi) is 18.3. The Bertz CT molecular complexity index is 2200. The molecule has 6 aromatic rings. The van der Waals surface area contributed by atoms with Crippen LogP contribution in [-0.2, 0) is 19.3 Å². The van der Waals surface area contributed by atoms with Gasteiger partial charge in [-0.2, -0.15) is 10.5 Å². The van der Waals surface area contributed by atoms with E-state index in [0.717, 1.165) is 50.2 Å². The van der Waals surface area contributed by atoms with Crippen LogP contribution >= 0.6 is 22.6 Å². The molecule has 0 aliphatic rings. The highest BCUT2D eigenvalue weighted by Crippen LogP contribution is 2.20. The minimum absolute atomic E-state index is 0.670. The summed E-state index contributed by atoms with van der Waals surface area (Å²) >= 11 is 2.41. The van der Waals surface area contributed by atoms with Gasteiger partial charge >= 0.3 is 0 Å². The minimum Gasteiger partial charge on any atom is -0.398 e. The van der Waals surface area contributed by atoms with Gasteiger partial charge in [-0.3, -0.25) is 0 Å². The van der Waals surface area contributed by atoms with Gasteiger partial charge in [0.2, 0.25) is 0 Å². The van der Waals surface area contributed by atoms with Crippen LogP contribution in [0, 0.1) is 71.1 Å². The number of nitrogens with two attached hydrogens (primary N) is 1. The van der Waals surface area contributed by atoms with Crippen LogP contribution < -0.4 is 5.73 Å². The van der Waals surface area contributed by atoms with Crippen LogP contribution in [0.1, 0.15) is 105 Å². The van der Waals surface area contributed by atoms with Crippen LogP contribution in [0.5, 0.6) is 0 Å². The quantitative estimate of drug-likeness (QED) is 0.0963. The molecule has 0 saturated heterocycles. The molecule has 0 amide bonds. The third-order valence-electron chi connectivity index (χ3n) is 9.00. The van der Waals surface area contributed by atoms with Gasteiger partial charge in [0, 0.05) is 52.7 Å². The summed E-state index contributed by atoms with van der Waals surface area (Å²) in [7, 11) is 0. The number of nitrogen functional groups attached to an aromatic ring is 1. The van der Waals surface area contributed by atoms with Gasteiger partial charge in [-0.1, -0.05) is 96.1 Å². The Morgan fingerprint density at radius 2 is 1.02 bits per heavy atom. The SMILES string of the molecule is CCC(C)I.Cc1cc(C)c(Cc2ccnc(Cc3ccc(C#N)cc3)n2)c(C)c1.Cc1cc(C)c(N)c(C)c1.Cc1ccnc(Cc2ccc(C#N)cc2)n1. The van der Waals surface area contributed by atoms with E-state index in [1.807, 2.05) is 87.6 Å². The molecule has 2 heterocycles. The fraction of sp³-hybridized carbons (Fsp3) is 0.292. The van der Waals surface area contributed by atoms with E-state index in [1.54, 1.807) is 6.20 Å². The van der Waals surface area contributed by atoms with E-state index in [9.17, 15) is 0 Å². The number of anilines is 1. The highest BCUT2D eigenvalue weighted by Gasteiger charge is 2.08. The van der Waals surface area contributed by atoms with E-state index < -0.39 is 0 Å². The van der Waals surface area contributed by atoms with Gasteiger partial charge in [-0.25, -0.2) is 19.9 Å². The maximum Gasteiger partial charge on any atom is 0.132 e. The number of nitrogens with zero attached hydrogens (tertiary/aromatic N) is 6. The molecule has 0 spiro atoms. The fourth-order valence-corrected chi connectivity index (χ4v) is 5.83. The van der Waals surface area contributed by atoms with Gasteiger partial charge < -0.3 is 5.73 Å². The number of alkyl halides is 1. The standard InChI is InChI=1S/C22H21N3.C13H11N3.C9H13N.C4H9I/c1-15-10-16(2)21(17(3)11-15)13-20-8-9-24-22(25-20)12-18-4-6-19(14-23)7-5-18;1-10-6-7-15-13(16-10)8-11-2-4-12(9-14)5-3-11;1-6-4-7(2)9(10)8(3)5-6;1-3-4(2)5/h4-11H,12-13H2,1-3H3;2-7H,8H2,1H3;4-5H,10H2,1-3H3;4H,3H2,1-2H3. The number of hydrogen-bond donors (Lipinski definition) is 1. The maximum absolute atomic E-state index is 8.88. The van der Waals surface area contributed by atoms with E-state index in [1.165, 1.54) is 45.4 Å². The molecular weight excluding hydrogens is 801 g/mol. The number of hydrogen-bond acceptors (Lipinski definition) is 7. The molecule has 0 aliphatic carbocycles. The number of aryl methyl sites for hydroxylation is 7. The Morgan fingerprint density at radius 3 is 1.43 bits per heavy atom. The molecule has 0 fully saturated rings. The van der Waals surface area contributed by atoms with Crippen LogP contribution in [0.2, 0.25) is 0 Å². The lowest BCUT2D eigenvalue weighted by Crippen LogP contribution is -2.03. The van der Waals surface area contributed by atoms with Crippen molar-refractivity contribution < 1.29 is 0 Å². The Balaban J connectivity index is 0.000000231. The zero-order valence-electron chi connectivity index (χ0n) is 34.3. The predicted octanol–water partition coefficient (Wildman–Crippen LogP) is 11.1.